The van der Waals surface area contributed by atoms with Gasteiger partial charge in [0.15, 0.2) is 5.69 Å². The van der Waals surface area contributed by atoms with Crippen LogP contribution < -0.4 is 4.74 Å². The first-order chi connectivity index (χ1) is 10.7. The van der Waals surface area contributed by atoms with Crippen LogP contribution >= 0.6 is 0 Å². The first-order valence-electron chi connectivity index (χ1n) is 6.58. The maximum absolute atomic E-state index is 11.2. The summed E-state index contributed by atoms with van der Waals surface area (Å²) in [5.41, 5.74) is 1.91. The first-order valence-corrected chi connectivity index (χ1v) is 6.58. The van der Waals surface area contributed by atoms with Gasteiger partial charge < -0.3 is 9.84 Å². The van der Waals surface area contributed by atoms with Crippen LogP contribution in [0.2, 0.25) is 0 Å². The average Bonchev–Trinajstić information content (AvgIpc) is 3.01. The molecule has 0 atom stereocenters. The SMILES string of the molecule is COc1cccc(-n2nc(C(=O)O)cc2-c2ccccn2)c1. The molecular weight excluding hydrogens is 282 g/mol. The predicted octanol–water partition coefficient (Wildman–Crippen LogP) is 2.64. The van der Waals surface area contributed by atoms with Gasteiger partial charge in [0.1, 0.15) is 5.75 Å². The van der Waals surface area contributed by atoms with Crippen molar-refractivity contribution in [2.45, 2.75) is 0 Å². The molecule has 1 N–H and O–H groups in total. The summed E-state index contributed by atoms with van der Waals surface area (Å²) in [6.07, 6.45) is 1.65. The topological polar surface area (TPSA) is 77.2 Å². The van der Waals surface area contributed by atoms with Crippen LogP contribution in [-0.4, -0.2) is 33.0 Å². The summed E-state index contributed by atoms with van der Waals surface area (Å²) in [7, 11) is 1.57. The lowest BCUT2D eigenvalue weighted by molar-refractivity contribution is 0.0690. The third kappa shape index (κ3) is 2.54. The minimum absolute atomic E-state index is 0.0385. The van der Waals surface area contributed by atoms with E-state index in [2.05, 4.69) is 10.1 Å². The number of hydrogen-bond donors (Lipinski definition) is 1. The molecule has 2 aromatic heterocycles. The third-order valence-electron chi connectivity index (χ3n) is 3.15. The molecule has 3 rings (SSSR count). The van der Waals surface area contributed by atoms with E-state index in [4.69, 9.17) is 4.74 Å². The number of ether oxygens (including phenoxy) is 1. The molecule has 0 fully saturated rings. The molecule has 0 amide bonds. The van der Waals surface area contributed by atoms with E-state index in [1.807, 2.05) is 24.3 Å². The predicted molar refractivity (Wildman–Crippen MR) is 80.3 cm³/mol. The molecule has 0 spiro atoms. The van der Waals surface area contributed by atoms with E-state index in [1.54, 1.807) is 36.2 Å². The molecule has 6 nitrogen and oxygen atoms in total. The highest BCUT2D eigenvalue weighted by atomic mass is 16.5. The number of aromatic carboxylic acids is 1. The van der Waals surface area contributed by atoms with E-state index in [9.17, 15) is 9.90 Å². The Hall–Kier alpha value is -3.15. The van der Waals surface area contributed by atoms with Gasteiger partial charge in [0.2, 0.25) is 0 Å². The van der Waals surface area contributed by atoms with E-state index < -0.39 is 5.97 Å². The number of nitrogens with zero attached hydrogens (tertiary/aromatic N) is 3. The van der Waals surface area contributed by atoms with Crippen molar-refractivity contribution in [3.8, 4) is 22.8 Å². The zero-order chi connectivity index (χ0) is 15.5. The minimum Gasteiger partial charge on any atom is -0.497 e. The second-order valence-corrected chi connectivity index (χ2v) is 4.55. The van der Waals surface area contributed by atoms with Crippen LogP contribution in [0.25, 0.3) is 17.1 Å². The number of pyridine rings is 1. The molecule has 0 aliphatic carbocycles. The molecule has 2 heterocycles. The van der Waals surface area contributed by atoms with Crippen LogP contribution in [0.4, 0.5) is 0 Å². The average molecular weight is 295 g/mol. The lowest BCUT2D eigenvalue weighted by atomic mass is 10.2. The van der Waals surface area contributed by atoms with Crippen LogP contribution in [0.3, 0.4) is 0 Å². The maximum atomic E-state index is 11.2. The maximum Gasteiger partial charge on any atom is 0.356 e. The fourth-order valence-corrected chi connectivity index (χ4v) is 2.12. The minimum atomic E-state index is -1.08. The summed E-state index contributed by atoms with van der Waals surface area (Å²) in [4.78, 5) is 15.5. The van der Waals surface area contributed by atoms with Crippen LogP contribution in [-0.2, 0) is 0 Å². The zero-order valence-corrected chi connectivity index (χ0v) is 11.8. The number of methoxy groups -OCH3 is 1. The smallest absolute Gasteiger partial charge is 0.356 e. The normalized spacial score (nSPS) is 10.4. The number of rotatable bonds is 4. The highest BCUT2D eigenvalue weighted by Crippen LogP contribution is 2.24. The second-order valence-electron chi connectivity index (χ2n) is 4.55. The Balaban J connectivity index is 2.19. The van der Waals surface area contributed by atoms with E-state index in [0.29, 0.717) is 22.8 Å². The first kappa shape index (κ1) is 13.8. The molecule has 110 valence electrons. The Labute approximate surface area is 126 Å². The molecule has 0 saturated heterocycles. The largest absolute Gasteiger partial charge is 0.497 e. The quantitative estimate of drug-likeness (QED) is 0.800. The number of hydrogen-bond acceptors (Lipinski definition) is 4. The molecule has 0 unspecified atom stereocenters. The van der Waals surface area contributed by atoms with Crippen molar-refractivity contribution in [3.05, 3.63) is 60.4 Å². The van der Waals surface area contributed by atoms with Crippen molar-refractivity contribution < 1.29 is 14.6 Å². The van der Waals surface area contributed by atoms with Gasteiger partial charge in [0, 0.05) is 18.3 Å². The van der Waals surface area contributed by atoms with Crippen molar-refractivity contribution in [2.24, 2.45) is 0 Å². The Morgan fingerprint density at radius 3 is 2.73 bits per heavy atom. The van der Waals surface area contributed by atoms with E-state index >= 15 is 0 Å². The fourth-order valence-electron chi connectivity index (χ4n) is 2.12. The van der Waals surface area contributed by atoms with Crippen molar-refractivity contribution in [2.75, 3.05) is 7.11 Å². The summed E-state index contributed by atoms with van der Waals surface area (Å²) in [5.74, 6) is -0.421. The molecule has 0 saturated carbocycles. The van der Waals surface area contributed by atoms with Gasteiger partial charge in [0.25, 0.3) is 0 Å². The summed E-state index contributed by atoms with van der Waals surface area (Å²) in [6, 6.07) is 14.2. The molecule has 0 aliphatic heterocycles. The number of benzene rings is 1. The van der Waals surface area contributed by atoms with Gasteiger partial charge >= 0.3 is 5.97 Å². The van der Waals surface area contributed by atoms with Gasteiger partial charge in [0.05, 0.1) is 24.2 Å². The molecule has 3 aromatic rings. The van der Waals surface area contributed by atoms with Crippen molar-refractivity contribution in [3.63, 3.8) is 0 Å². The zero-order valence-electron chi connectivity index (χ0n) is 11.8. The van der Waals surface area contributed by atoms with Crippen molar-refractivity contribution in [1.82, 2.24) is 14.8 Å². The van der Waals surface area contributed by atoms with Crippen molar-refractivity contribution >= 4 is 5.97 Å². The third-order valence-corrected chi connectivity index (χ3v) is 3.15. The lowest BCUT2D eigenvalue weighted by Gasteiger charge is -2.08. The standard InChI is InChI=1S/C16H13N3O3/c1-22-12-6-4-5-11(9-12)19-15(10-14(18-19)16(20)21)13-7-2-3-8-17-13/h2-10H,1H3,(H,20,21). The molecule has 1 aromatic carbocycles. The molecule has 0 bridgehead atoms. The van der Waals surface area contributed by atoms with Gasteiger partial charge in [-0.15, -0.1) is 0 Å². The van der Waals surface area contributed by atoms with Crippen molar-refractivity contribution in [1.29, 1.82) is 0 Å². The van der Waals surface area contributed by atoms with Crippen LogP contribution in [0.1, 0.15) is 10.5 Å². The van der Waals surface area contributed by atoms with Crippen LogP contribution in [0.5, 0.6) is 5.75 Å². The summed E-state index contributed by atoms with van der Waals surface area (Å²) < 4.78 is 6.75. The number of carboxylic acid groups (broad SMARTS) is 1. The van der Waals surface area contributed by atoms with E-state index in [1.165, 1.54) is 6.07 Å². The van der Waals surface area contributed by atoms with E-state index in [-0.39, 0.29) is 5.69 Å². The number of aromatic nitrogens is 3. The molecular formula is C16H13N3O3. The second kappa shape index (κ2) is 5.69. The monoisotopic (exact) mass is 295 g/mol. The van der Waals surface area contributed by atoms with Crippen LogP contribution in [0, 0.1) is 0 Å². The Kier molecular flexibility index (Phi) is 3.57. The Morgan fingerprint density at radius 1 is 1.18 bits per heavy atom. The van der Waals surface area contributed by atoms with Gasteiger partial charge in [-0.05, 0) is 24.3 Å². The van der Waals surface area contributed by atoms with Crippen LogP contribution in [0.15, 0.2) is 54.7 Å². The molecule has 0 aliphatic rings. The molecule has 6 heteroatoms. The summed E-state index contributed by atoms with van der Waals surface area (Å²) in [5, 5.41) is 13.3. The Bertz CT molecular complexity index is 813. The number of carboxylic acids is 1. The highest BCUT2D eigenvalue weighted by Gasteiger charge is 2.16. The molecule has 22 heavy (non-hydrogen) atoms. The van der Waals surface area contributed by atoms with Gasteiger partial charge in [-0.1, -0.05) is 12.1 Å². The summed E-state index contributed by atoms with van der Waals surface area (Å²) in [6.45, 7) is 0. The van der Waals surface area contributed by atoms with Gasteiger partial charge in [-0.2, -0.15) is 5.10 Å². The highest BCUT2D eigenvalue weighted by molar-refractivity contribution is 5.87. The summed E-state index contributed by atoms with van der Waals surface area (Å²) >= 11 is 0. The molecule has 0 radical (unpaired) electrons. The number of carbonyl (C=O) groups is 1. The van der Waals surface area contributed by atoms with Gasteiger partial charge in [-0.25, -0.2) is 9.48 Å². The fraction of sp³-hybridized carbons (Fsp3) is 0.0625. The Morgan fingerprint density at radius 2 is 2.05 bits per heavy atom. The van der Waals surface area contributed by atoms with Gasteiger partial charge in [-0.3, -0.25) is 4.98 Å². The lowest BCUT2D eigenvalue weighted by Crippen LogP contribution is -2.03. The van der Waals surface area contributed by atoms with E-state index in [0.717, 1.165) is 0 Å².